The van der Waals surface area contributed by atoms with Crippen molar-refractivity contribution in [3.8, 4) is 0 Å². The molecule has 0 aromatic carbocycles. The first-order valence-electron chi connectivity index (χ1n) is 7.75. The van der Waals surface area contributed by atoms with Crippen LogP contribution in [0.25, 0.3) is 0 Å². The van der Waals surface area contributed by atoms with Gasteiger partial charge in [-0.1, -0.05) is 6.92 Å². The summed E-state index contributed by atoms with van der Waals surface area (Å²) >= 11 is 0. The standard InChI is InChI=1S/C15H23FN4/c1-2-13-14(16)15(19-10-18-13)20-7-5-12(6-8-20)17-9-11-3-4-11/h10-12,17H,2-9H2,1H3. The maximum absolute atomic E-state index is 14.2. The van der Waals surface area contributed by atoms with Gasteiger partial charge in [0.15, 0.2) is 11.6 Å². The highest BCUT2D eigenvalue weighted by Crippen LogP contribution is 2.28. The molecular weight excluding hydrogens is 255 g/mol. The molecule has 0 atom stereocenters. The van der Waals surface area contributed by atoms with Crippen molar-refractivity contribution in [2.45, 2.75) is 45.1 Å². The van der Waals surface area contributed by atoms with Gasteiger partial charge in [-0.2, -0.15) is 0 Å². The van der Waals surface area contributed by atoms with E-state index in [9.17, 15) is 4.39 Å². The summed E-state index contributed by atoms with van der Waals surface area (Å²) in [5.41, 5.74) is 0.518. The zero-order valence-electron chi connectivity index (χ0n) is 12.1. The van der Waals surface area contributed by atoms with E-state index >= 15 is 0 Å². The van der Waals surface area contributed by atoms with Gasteiger partial charge in [-0.05, 0) is 44.6 Å². The van der Waals surface area contributed by atoms with Gasteiger partial charge in [-0.3, -0.25) is 0 Å². The van der Waals surface area contributed by atoms with E-state index in [1.54, 1.807) is 0 Å². The van der Waals surface area contributed by atoms with Crippen molar-refractivity contribution in [1.29, 1.82) is 0 Å². The van der Waals surface area contributed by atoms with E-state index in [1.165, 1.54) is 19.2 Å². The lowest BCUT2D eigenvalue weighted by Crippen LogP contribution is -2.43. The Morgan fingerprint density at radius 1 is 1.25 bits per heavy atom. The Hall–Kier alpha value is -1.23. The molecule has 1 aliphatic carbocycles. The van der Waals surface area contributed by atoms with Gasteiger partial charge in [0, 0.05) is 19.1 Å². The zero-order valence-corrected chi connectivity index (χ0v) is 12.1. The number of hydrogen-bond donors (Lipinski definition) is 1. The summed E-state index contributed by atoms with van der Waals surface area (Å²) < 4.78 is 14.2. The minimum Gasteiger partial charge on any atom is -0.354 e. The van der Waals surface area contributed by atoms with Crippen LogP contribution in [0, 0.1) is 11.7 Å². The maximum atomic E-state index is 14.2. The molecule has 2 heterocycles. The highest BCUT2D eigenvalue weighted by Gasteiger charge is 2.26. The molecule has 0 radical (unpaired) electrons. The van der Waals surface area contributed by atoms with Gasteiger partial charge in [-0.25, -0.2) is 14.4 Å². The third-order valence-electron chi connectivity index (χ3n) is 4.36. The largest absolute Gasteiger partial charge is 0.354 e. The molecule has 110 valence electrons. The second-order valence-corrected chi connectivity index (χ2v) is 5.92. The van der Waals surface area contributed by atoms with Crippen LogP contribution in [0.1, 0.15) is 38.3 Å². The number of rotatable bonds is 5. The minimum atomic E-state index is -0.237. The Morgan fingerprint density at radius 3 is 2.65 bits per heavy atom. The fourth-order valence-electron chi connectivity index (χ4n) is 2.81. The lowest BCUT2D eigenvalue weighted by molar-refractivity contribution is 0.404. The number of nitrogens with zero attached hydrogens (tertiary/aromatic N) is 3. The molecule has 1 aromatic heterocycles. The number of piperidine rings is 1. The topological polar surface area (TPSA) is 41.1 Å². The Bertz CT molecular complexity index is 453. The number of aromatic nitrogens is 2. The average Bonchev–Trinajstić information content (AvgIpc) is 3.30. The normalized spacial score (nSPS) is 20.4. The fraction of sp³-hybridized carbons (Fsp3) is 0.733. The van der Waals surface area contributed by atoms with Gasteiger partial charge in [0.25, 0.3) is 0 Å². The molecule has 1 aromatic rings. The Labute approximate surface area is 119 Å². The van der Waals surface area contributed by atoms with E-state index in [0.717, 1.165) is 38.4 Å². The van der Waals surface area contributed by atoms with Crippen LogP contribution in [0.3, 0.4) is 0 Å². The van der Waals surface area contributed by atoms with Crippen molar-refractivity contribution >= 4 is 5.82 Å². The molecule has 3 rings (SSSR count). The molecule has 20 heavy (non-hydrogen) atoms. The summed E-state index contributed by atoms with van der Waals surface area (Å²) in [4.78, 5) is 10.2. The molecule has 4 nitrogen and oxygen atoms in total. The van der Waals surface area contributed by atoms with Crippen molar-refractivity contribution in [3.63, 3.8) is 0 Å². The second kappa shape index (κ2) is 6.04. The van der Waals surface area contributed by atoms with E-state index in [-0.39, 0.29) is 5.82 Å². The zero-order chi connectivity index (χ0) is 13.9. The fourth-order valence-corrected chi connectivity index (χ4v) is 2.81. The van der Waals surface area contributed by atoms with Gasteiger partial charge in [0.2, 0.25) is 0 Å². The number of halogens is 1. The molecule has 0 amide bonds. The molecule has 2 fully saturated rings. The van der Waals surface area contributed by atoms with Gasteiger partial charge < -0.3 is 10.2 Å². The molecule has 1 N–H and O–H groups in total. The van der Waals surface area contributed by atoms with Crippen LogP contribution in [0.2, 0.25) is 0 Å². The Morgan fingerprint density at radius 2 is 2.00 bits per heavy atom. The molecular formula is C15H23FN4. The number of anilines is 1. The van der Waals surface area contributed by atoms with E-state index in [4.69, 9.17) is 0 Å². The first-order chi connectivity index (χ1) is 9.78. The van der Waals surface area contributed by atoms with Crippen LogP contribution in [0.15, 0.2) is 6.33 Å². The second-order valence-electron chi connectivity index (χ2n) is 5.92. The highest BCUT2D eigenvalue weighted by atomic mass is 19.1. The number of aryl methyl sites for hydroxylation is 1. The van der Waals surface area contributed by atoms with E-state index in [2.05, 4.69) is 20.2 Å². The smallest absolute Gasteiger partial charge is 0.187 e. The Balaban J connectivity index is 1.57. The summed E-state index contributed by atoms with van der Waals surface area (Å²) in [6.45, 7) is 4.83. The Kier molecular flexibility index (Phi) is 4.15. The van der Waals surface area contributed by atoms with Crippen molar-refractivity contribution < 1.29 is 4.39 Å². The first-order valence-corrected chi connectivity index (χ1v) is 7.75. The summed E-state index contributed by atoms with van der Waals surface area (Å²) in [5, 5.41) is 3.64. The lowest BCUT2D eigenvalue weighted by atomic mass is 10.0. The van der Waals surface area contributed by atoms with Crippen molar-refractivity contribution in [2.75, 3.05) is 24.5 Å². The van der Waals surface area contributed by atoms with Gasteiger partial charge in [0.05, 0.1) is 5.69 Å². The van der Waals surface area contributed by atoms with E-state index in [1.807, 2.05) is 6.92 Å². The van der Waals surface area contributed by atoms with Gasteiger partial charge in [0.1, 0.15) is 6.33 Å². The first kappa shape index (κ1) is 13.7. The molecule has 1 aliphatic heterocycles. The van der Waals surface area contributed by atoms with E-state index < -0.39 is 0 Å². The number of hydrogen-bond acceptors (Lipinski definition) is 4. The third-order valence-corrected chi connectivity index (χ3v) is 4.36. The van der Waals surface area contributed by atoms with Crippen LogP contribution >= 0.6 is 0 Å². The van der Waals surface area contributed by atoms with Crippen LogP contribution in [0.5, 0.6) is 0 Å². The minimum absolute atomic E-state index is 0.237. The summed E-state index contributed by atoms with van der Waals surface area (Å²) in [6, 6.07) is 0.586. The molecule has 5 heteroatoms. The molecule has 0 bridgehead atoms. The maximum Gasteiger partial charge on any atom is 0.187 e. The predicted molar refractivity (Wildman–Crippen MR) is 77.3 cm³/mol. The van der Waals surface area contributed by atoms with Crippen molar-refractivity contribution in [2.24, 2.45) is 5.92 Å². The van der Waals surface area contributed by atoms with Crippen LogP contribution in [-0.4, -0.2) is 35.6 Å². The quantitative estimate of drug-likeness (QED) is 0.896. The van der Waals surface area contributed by atoms with Gasteiger partial charge >= 0.3 is 0 Å². The molecule has 2 aliphatic rings. The van der Waals surface area contributed by atoms with E-state index in [0.29, 0.717) is 24.0 Å². The average molecular weight is 278 g/mol. The molecule has 1 saturated heterocycles. The predicted octanol–water partition coefficient (Wildman–Crippen LogP) is 2.15. The molecule has 0 unspecified atom stereocenters. The summed E-state index contributed by atoms with van der Waals surface area (Å²) in [5.74, 6) is 1.16. The molecule has 1 saturated carbocycles. The summed E-state index contributed by atoms with van der Waals surface area (Å²) in [7, 11) is 0. The van der Waals surface area contributed by atoms with Crippen LogP contribution < -0.4 is 10.2 Å². The SMILES string of the molecule is CCc1ncnc(N2CCC(NCC3CC3)CC2)c1F. The third kappa shape index (κ3) is 3.08. The summed E-state index contributed by atoms with van der Waals surface area (Å²) in [6.07, 6.45) is 7.00. The van der Waals surface area contributed by atoms with Crippen LogP contribution in [-0.2, 0) is 6.42 Å². The molecule has 0 spiro atoms. The van der Waals surface area contributed by atoms with Crippen LogP contribution in [0.4, 0.5) is 10.2 Å². The number of nitrogens with one attached hydrogen (secondary N) is 1. The lowest BCUT2D eigenvalue weighted by Gasteiger charge is -2.33. The monoisotopic (exact) mass is 278 g/mol. The highest BCUT2D eigenvalue weighted by molar-refractivity contribution is 5.41. The van der Waals surface area contributed by atoms with Gasteiger partial charge in [-0.15, -0.1) is 0 Å². The van der Waals surface area contributed by atoms with Crippen molar-refractivity contribution in [3.05, 3.63) is 17.8 Å². The van der Waals surface area contributed by atoms with Crippen molar-refractivity contribution in [1.82, 2.24) is 15.3 Å².